The topological polar surface area (TPSA) is 93.1 Å². The van der Waals surface area contributed by atoms with E-state index in [0.29, 0.717) is 17.1 Å². The molecule has 0 aliphatic carbocycles. The van der Waals surface area contributed by atoms with E-state index in [1.165, 1.54) is 6.08 Å². The number of fused-ring (bicyclic) bond motifs is 1. The molecule has 37 heavy (non-hydrogen) atoms. The van der Waals surface area contributed by atoms with Crippen molar-refractivity contribution in [3.8, 4) is 17.2 Å². The maximum Gasteiger partial charge on any atom is 0.335 e. The van der Waals surface area contributed by atoms with Gasteiger partial charge in [-0.25, -0.2) is 9.69 Å². The van der Waals surface area contributed by atoms with Gasteiger partial charge >= 0.3 is 6.03 Å². The van der Waals surface area contributed by atoms with Crippen LogP contribution < -0.4 is 24.6 Å². The second kappa shape index (κ2) is 9.50. The van der Waals surface area contributed by atoms with Crippen molar-refractivity contribution < 1.29 is 23.9 Å². The molecule has 0 spiro atoms. The van der Waals surface area contributed by atoms with Gasteiger partial charge in [0, 0.05) is 41.9 Å². The molecular weight excluding hydrogens is 472 g/mol. The summed E-state index contributed by atoms with van der Waals surface area (Å²) in [7, 11) is 0. The van der Waals surface area contributed by atoms with Crippen molar-refractivity contribution in [1.82, 2.24) is 9.88 Å². The van der Waals surface area contributed by atoms with Crippen LogP contribution in [0.3, 0.4) is 0 Å². The lowest BCUT2D eigenvalue weighted by molar-refractivity contribution is -0.122. The highest BCUT2D eigenvalue weighted by Crippen LogP contribution is 2.36. The Balaban J connectivity index is 1.48. The first-order valence-corrected chi connectivity index (χ1v) is 12.2. The van der Waals surface area contributed by atoms with Crippen LogP contribution in [-0.2, 0) is 9.59 Å². The third kappa shape index (κ3) is 4.22. The Bertz CT molecular complexity index is 1430. The van der Waals surface area contributed by atoms with Gasteiger partial charge in [0.1, 0.15) is 5.57 Å². The number of nitrogens with one attached hydrogen (secondary N) is 1. The summed E-state index contributed by atoms with van der Waals surface area (Å²) in [6.45, 7) is 10.1. The minimum Gasteiger partial charge on any atom is -0.454 e. The summed E-state index contributed by atoms with van der Waals surface area (Å²) in [6, 6.07) is 14.1. The predicted molar refractivity (Wildman–Crippen MR) is 140 cm³/mol. The molecule has 2 aromatic carbocycles. The second-order valence-electron chi connectivity index (χ2n) is 8.85. The number of imide groups is 2. The Kier molecular flexibility index (Phi) is 6.20. The van der Waals surface area contributed by atoms with Crippen LogP contribution in [0.4, 0.5) is 16.2 Å². The smallest absolute Gasteiger partial charge is 0.335 e. The van der Waals surface area contributed by atoms with E-state index >= 15 is 0 Å². The summed E-state index contributed by atoms with van der Waals surface area (Å²) in [5, 5.41) is 2.27. The number of aryl methyl sites for hydroxylation is 1. The maximum atomic E-state index is 13.4. The first-order chi connectivity index (χ1) is 17.8. The highest BCUT2D eigenvalue weighted by atomic mass is 16.7. The molecular formula is C28H28N4O5. The van der Waals surface area contributed by atoms with E-state index in [4.69, 9.17) is 9.47 Å². The van der Waals surface area contributed by atoms with Crippen molar-refractivity contribution in [3.05, 3.63) is 71.1 Å². The standard InChI is InChI=1S/C28H28N4O5/c1-5-30(6-2)20-7-9-21(10-8-20)31-17(3)13-19(18(31)4)14-23-26(33)29-28(35)32(27(23)34)22-11-12-24-25(15-22)37-16-36-24/h7-15H,5-6,16H2,1-4H3,(H,29,33,35)/b23-14+. The minimum atomic E-state index is -0.815. The lowest BCUT2D eigenvalue weighted by Crippen LogP contribution is -2.54. The number of rotatable bonds is 6. The van der Waals surface area contributed by atoms with Gasteiger partial charge in [-0.05, 0) is 81.8 Å². The maximum absolute atomic E-state index is 13.4. The minimum absolute atomic E-state index is 0.0658. The third-order valence-electron chi connectivity index (χ3n) is 6.72. The summed E-state index contributed by atoms with van der Waals surface area (Å²) in [4.78, 5) is 41.9. The largest absolute Gasteiger partial charge is 0.454 e. The number of nitrogens with zero attached hydrogens (tertiary/aromatic N) is 3. The van der Waals surface area contributed by atoms with Crippen molar-refractivity contribution >= 4 is 35.3 Å². The van der Waals surface area contributed by atoms with Crippen LogP contribution in [0.25, 0.3) is 11.8 Å². The molecule has 9 heteroatoms. The van der Waals surface area contributed by atoms with Gasteiger partial charge in [-0.3, -0.25) is 14.9 Å². The molecule has 1 N–H and O–H groups in total. The van der Waals surface area contributed by atoms with E-state index < -0.39 is 17.8 Å². The van der Waals surface area contributed by atoms with Crippen LogP contribution in [0.1, 0.15) is 30.8 Å². The van der Waals surface area contributed by atoms with Crippen molar-refractivity contribution in [3.63, 3.8) is 0 Å². The van der Waals surface area contributed by atoms with Gasteiger partial charge in [0.05, 0.1) is 5.69 Å². The second-order valence-corrected chi connectivity index (χ2v) is 8.85. The third-order valence-corrected chi connectivity index (χ3v) is 6.72. The number of carbonyl (C=O) groups excluding carboxylic acids is 3. The Labute approximate surface area is 214 Å². The first-order valence-electron chi connectivity index (χ1n) is 12.2. The average molecular weight is 501 g/mol. The highest BCUT2D eigenvalue weighted by molar-refractivity contribution is 6.39. The first kappa shape index (κ1) is 24.2. The molecule has 0 bridgehead atoms. The number of aromatic nitrogens is 1. The number of barbiturate groups is 1. The van der Waals surface area contributed by atoms with Crippen molar-refractivity contribution in [2.24, 2.45) is 0 Å². The molecule has 5 rings (SSSR count). The highest BCUT2D eigenvalue weighted by Gasteiger charge is 2.37. The van der Waals surface area contributed by atoms with E-state index in [0.717, 1.165) is 40.8 Å². The summed E-state index contributed by atoms with van der Waals surface area (Å²) in [6.07, 6.45) is 1.53. The molecule has 2 aliphatic rings. The summed E-state index contributed by atoms with van der Waals surface area (Å²) in [5.41, 5.74) is 4.81. The quantitative estimate of drug-likeness (QED) is 0.400. The number of hydrogen-bond acceptors (Lipinski definition) is 6. The average Bonchev–Trinajstić information content (AvgIpc) is 3.46. The lowest BCUT2D eigenvalue weighted by atomic mass is 10.1. The van der Waals surface area contributed by atoms with Gasteiger partial charge < -0.3 is 18.9 Å². The van der Waals surface area contributed by atoms with Crippen LogP contribution in [0.15, 0.2) is 54.1 Å². The van der Waals surface area contributed by atoms with E-state index in [2.05, 4.69) is 52.9 Å². The predicted octanol–water partition coefficient (Wildman–Crippen LogP) is 4.34. The van der Waals surface area contributed by atoms with E-state index in [1.807, 2.05) is 19.9 Å². The molecule has 1 saturated heterocycles. The van der Waals surface area contributed by atoms with Gasteiger partial charge in [-0.15, -0.1) is 0 Å². The Morgan fingerprint density at radius 3 is 2.30 bits per heavy atom. The molecule has 4 amide bonds. The zero-order chi connectivity index (χ0) is 26.3. The molecule has 1 aromatic heterocycles. The Hall–Kier alpha value is -4.53. The lowest BCUT2D eigenvalue weighted by Gasteiger charge is -2.26. The van der Waals surface area contributed by atoms with Crippen LogP contribution in [-0.4, -0.2) is 42.3 Å². The van der Waals surface area contributed by atoms with Crippen molar-refractivity contribution in [1.29, 1.82) is 0 Å². The number of ether oxygens (including phenoxy) is 2. The number of carbonyl (C=O) groups is 3. The molecule has 9 nitrogen and oxygen atoms in total. The van der Waals surface area contributed by atoms with Gasteiger partial charge in [-0.2, -0.15) is 0 Å². The Morgan fingerprint density at radius 2 is 1.59 bits per heavy atom. The molecule has 3 heterocycles. The summed E-state index contributed by atoms with van der Waals surface area (Å²) >= 11 is 0. The SMILES string of the molecule is CCN(CC)c1ccc(-n2c(C)cc(/C=C3\C(=O)NC(=O)N(c4ccc5c(c4)OCO5)C3=O)c2C)cc1. The zero-order valence-corrected chi connectivity index (χ0v) is 21.2. The number of anilines is 2. The normalized spacial score (nSPS) is 15.9. The fraction of sp³-hybridized carbons (Fsp3) is 0.250. The molecule has 0 unspecified atom stereocenters. The fourth-order valence-electron chi connectivity index (χ4n) is 4.80. The van der Waals surface area contributed by atoms with Gasteiger partial charge in [0.2, 0.25) is 6.79 Å². The number of benzene rings is 2. The molecule has 0 saturated carbocycles. The molecule has 0 radical (unpaired) electrons. The molecule has 1 fully saturated rings. The van der Waals surface area contributed by atoms with Crippen LogP contribution >= 0.6 is 0 Å². The molecule has 3 aromatic rings. The van der Waals surface area contributed by atoms with E-state index in [9.17, 15) is 14.4 Å². The van der Waals surface area contributed by atoms with Gasteiger partial charge in [0.15, 0.2) is 11.5 Å². The molecule has 190 valence electrons. The summed E-state index contributed by atoms with van der Waals surface area (Å²) < 4.78 is 12.8. The van der Waals surface area contributed by atoms with Crippen LogP contribution in [0, 0.1) is 13.8 Å². The van der Waals surface area contributed by atoms with E-state index in [1.54, 1.807) is 18.2 Å². The van der Waals surface area contributed by atoms with Crippen LogP contribution in [0.5, 0.6) is 11.5 Å². The van der Waals surface area contributed by atoms with E-state index in [-0.39, 0.29) is 18.1 Å². The Morgan fingerprint density at radius 1 is 0.919 bits per heavy atom. The zero-order valence-electron chi connectivity index (χ0n) is 21.2. The van der Waals surface area contributed by atoms with Crippen molar-refractivity contribution in [2.75, 3.05) is 29.7 Å². The monoisotopic (exact) mass is 500 g/mol. The summed E-state index contributed by atoms with van der Waals surface area (Å²) in [5.74, 6) is -0.490. The van der Waals surface area contributed by atoms with Crippen LogP contribution in [0.2, 0.25) is 0 Å². The van der Waals surface area contributed by atoms with Gasteiger partial charge in [0.25, 0.3) is 11.8 Å². The van der Waals surface area contributed by atoms with Crippen molar-refractivity contribution in [2.45, 2.75) is 27.7 Å². The molecule has 0 atom stereocenters. The molecule has 2 aliphatic heterocycles. The van der Waals surface area contributed by atoms with Gasteiger partial charge in [-0.1, -0.05) is 0 Å². The number of hydrogen-bond donors (Lipinski definition) is 1. The number of amides is 4. The fourth-order valence-corrected chi connectivity index (χ4v) is 4.80. The number of urea groups is 1.